The first-order valence-electron chi connectivity index (χ1n) is 12.0. The number of carbonyl (C=O) groups excluding carboxylic acids is 3. The summed E-state index contributed by atoms with van der Waals surface area (Å²) in [5.74, 6) is -2.22. The molecule has 180 valence electrons. The molecule has 2 amide bonds. The Morgan fingerprint density at radius 3 is 2.69 bits per heavy atom. The Morgan fingerprint density at radius 2 is 2.06 bits per heavy atom. The lowest BCUT2D eigenvalue weighted by atomic mass is 9.66. The molecule has 3 rings (SSSR count). The van der Waals surface area contributed by atoms with Gasteiger partial charge in [0.25, 0.3) is 0 Å². The van der Waals surface area contributed by atoms with E-state index in [1.807, 2.05) is 6.92 Å². The van der Waals surface area contributed by atoms with Crippen LogP contribution in [-0.4, -0.2) is 82.8 Å². The molecule has 3 aliphatic rings. The molecule has 2 unspecified atom stereocenters. The molecule has 8 heteroatoms. The second-order valence-corrected chi connectivity index (χ2v) is 9.37. The number of hydrogen-bond acceptors (Lipinski definition) is 6. The quantitative estimate of drug-likeness (QED) is 0.277. The highest BCUT2D eigenvalue weighted by molar-refractivity contribution is 5.98. The molecule has 0 aromatic heterocycles. The van der Waals surface area contributed by atoms with Crippen LogP contribution in [0.5, 0.6) is 0 Å². The molecule has 3 fully saturated rings. The highest BCUT2D eigenvalue weighted by Gasteiger charge is 2.78. The average Bonchev–Trinajstić information content (AvgIpc) is 3.32. The molecule has 0 aliphatic carbocycles. The summed E-state index contributed by atoms with van der Waals surface area (Å²) < 4.78 is 11.9. The summed E-state index contributed by atoms with van der Waals surface area (Å²) in [5, 5.41) is 9.23. The highest BCUT2D eigenvalue weighted by atomic mass is 16.6. The fourth-order valence-corrected chi connectivity index (χ4v) is 5.90. The Hall–Kier alpha value is -1.93. The number of unbranched alkanes of at least 4 members (excludes halogenated alkanes) is 2. The van der Waals surface area contributed by atoms with Crippen LogP contribution in [0.3, 0.4) is 0 Å². The first-order valence-corrected chi connectivity index (χ1v) is 12.0. The van der Waals surface area contributed by atoms with E-state index in [1.54, 1.807) is 22.8 Å². The molecule has 3 saturated heterocycles. The molecule has 0 radical (unpaired) electrons. The summed E-state index contributed by atoms with van der Waals surface area (Å²) in [7, 11) is 0. The first kappa shape index (κ1) is 24.7. The minimum Gasteiger partial charge on any atom is -0.466 e. The van der Waals surface area contributed by atoms with E-state index in [0.29, 0.717) is 45.3 Å². The summed E-state index contributed by atoms with van der Waals surface area (Å²) in [6.45, 7) is 11.0. The normalized spacial score (nSPS) is 32.8. The maximum Gasteiger partial charge on any atom is 0.312 e. The Labute approximate surface area is 190 Å². The molecule has 1 spiro atoms. The van der Waals surface area contributed by atoms with Crippen molar-refractivity contribution in [2.75, 3.05) is 32.8 Å². The van der Waals surface area contributed by atoms with E-state index in [0.717, 1.165) is 12.8 Å². The van der Waals surface area contributed by atoms with Crippen LogP contribution in [0.2, 0.25) is 0 Å². The van der Waals surface area contributed by atoms with E-state index < -0.39 is 35.0 Å². The Kier molecular flexibility index (Phi) is 7.65. The van der Waals surface area contributed by atoms with Crippen molar-refractivity contribution in [3.05, 3.63) is 12.7 Å². The van der Waals surface area contributed by atoms with Gasteiger partial charge in [-0.25, -0.2) is 0 Å². The molecule has 5 atom stereocenters. The predicted molar refractivity (Wildman–Crippen MR) is 119 cm³/mol. The Balaban J connectivity index is 2.01. The van der Waals surface area contributed by atoms with E-state index in [9.17, 15) is 19.5 Å². The summed E-state index contributed by atoms with van der Waals surface area (Å²) in [6.07, 6.45) is 5.76. The summed E-state index contributed by atoms with van der Waals surface area (Å²) in [4.78, 5) is 43.9. The van der Waals surface area contributed by atoms with Crippen molar-refractivity contribution in [3.8, 4) is 0 Å². The van der Waals surface area contributed by atoms with Gasteiger partial charge in [-0.2, -0.15) is 0 Å². The van der Waals surface area contributed by atoms with Gasteiger partial charge in [-0.15, -0.1) is 6.58 Å². The molecule has 1 N–H and O–H groups in total. The van der Waals surface area contributed by atoms with Crippen LogP contribution in [0, 0.1) is 11.8 Å². The van der Waals surface area contributed by atoms with Crippen molar-refractivity contribution < 1.29 is 29.0 Å². The standard InChI is InChI=1S/C24H38N2O6/c1-5-8-14-25(13-6-2)21(29)19-24-12-11-23(4,32-24)18(22(30)31-7-3)17(24)20(28)26(19)15-9-10-16-27/h6,17-19,27H,2,5,7-16H2,1,3-4H3/t17-,18+,19?,23-,24?/m0/s1. The molecular formula is C24H38N2O6. The molecule has 3 aliphatic heterocycles. The number of ether oxygens (including phenoxy) is 2. The molecule has 32 heavy (non-hydrogen) atoms. The fraction of sp³-hybridized carbons (Fsp3) is 0.792. The number of likely N-dealkylation sites (tertiary alicyclic amines) is 1. The third-order valence-electron chi connectivity index (χ3n) is 7.30. The second-order valence-electron chi connectivity index (χ2n) is 9.37. The molecule has 2 bridgehead atoms. The van der Waals surface area contributed by atoms with Gasteiger partial charge in [0.2, 0.25) is 11.8 Å². The van der Waals surface area contributed by atoms with Crippen molar-refractivity contribution in [2.45, 2.75) is 76.5 Å². The van der Waals surface area contributed by atoms with Crippen LogP contribution in [-0.2, 0) is 23.9 Å². The van der Waals surface area contributed by atoms with Crippen molar-refractivity contribution in [2.24, 2.45) is 11.8 Å². The van der Waals surface area contributed by atoms with Crippen molar-refractivity contribution in [1.29, 1.82) is 0 Å². The Morgan fingerprint density at radius 1 is 1.31 bits per heavy atom. The predicted octanol–water partition coefficient (Wildman–Crippen LogP) is 1.90. The van der Waals surface area contributed by atoms with Gasteiger partial charge in [-0.05, 0) is 46.0 Å². The van der Waals surface area contributed by atoms with E-state index >= 15 is 0 Å². The zero-order chi connectivity index (χ0) is 23.5. The monoisotopic (exact) mass is 450 g/mol. The van der Waals surface area contributed by atoms with E-state index in [2.05, 4.69) is 13.5 Å². The van der Waals surface area contributed by atoms with Gasteiger partial charge in [0.05, 0.1) is 18.1 Å². The molecule has 3 heterocycles. The molecule has 0 saturated carbocycles. The van der Waals surface area contributed by atoms with Gasteiger partial charge >= 0.3 is 5.97 Å². The van der Waals surface area contributed by atoms with E-state index in [-0.39, 0.29) is 25.0 Å². The van der Waals surface area contributed by atoms with Gasteiger partial charge in [0, 0.05) is 26.2 Å². The zero-order valence-electron chi connectivity index (χ0n) is 19.7. The minimum atomic E-state index is -1.02. The topological polar surface area (TPSA) is 96.4 Å². The van der Waals surface area contributed by atoms with Crippen LogP contribution in [0.25, 0.3) is 0 Å². The summed E-state index contributed by atoms with van der Waals surface area (Å²) >= 11 is 0. The number of hydrogen-bond donors (Lipinski definition) is 1. The lowest BCUT2D eigenvalue weighted by molar-refractivity contribution is -0.160. The molecule has 0 aromatic rings. The van der Waals surface area contributed by atoms with Gasteiger partial charge < -0.3 is 24.4 Å². The van der Waals surface area contributed by atoms with Gasteiger partial charge in [0.1, 0.15) is 17.6 Å². The largest absolute Gasteiger partial charge is 0.466 e. The third kappa shape index (κ3) is 3.96. The number of carbonyl (C=O) groups is 3. The summed E-state index contributed by atoms with van der Waals surface area (Å²) in [5.41, 5.74) is -1.83. The SMILES string of the molecule is C=CCN(CCCC)C(=O)C1N(CCCCO)C(=O)[C@@H]2[C@H](C(=O)OCC)[C@]3(C)CCC12O3. The van der Waals surface area contributed by atoms with Crippen LogP contribution in [0.4, 0.5) is 0 Å². The number of nitrogens with zero attached hydrogens (tertiary/aromatic N) is 2. The number of amides is 2. The van der Waals surface area contributed by atoms with Crippen LogP contribution in [0.15, 0.2) is 12.7 Å². The first-order chi connectivity index (χ1) is 15.3. The van der Waals surface area contributed by atoms with Crippen molar-refractivity contribution in [1.82, 2.24) is 9.80 Å². The van der Waals surface area contributed by atoms with Crippen LogP contribution < -0.4 is 0 Å². The second kappa shape index (κ2) is 9.91. The lowest BCUT2D eigenvalue weighted by Gasteiger charge is -2.36. The third-order valence-corrected chi connectivity index (χ3v) is 7.30. The summed E-state index contributed by atoms with van der Waals surface area (Å²) in [6, 6.07) is -0.781. The number of esters is 1. The maximum atomic E-state index is 13.9. The fourth-order valence-electron chi connectivity index (χ4n) is 5.90. The minimum absolute atomic E-state index is 0.0221. The number of aliphatic hydroxyl groups is 1. The van der Waals surface area contributed by atoms with Crippen molar-refractivity contribution >= 4 is 17.8 Å². The van der Waals surface area contributed by atoms with E-state index in [4.69, 9.17) is 9.47 Å². The van der Waals surface area contributed by atoms with Gasteiger partial charge in [-0.3, -0.25) is 14.4 Å². The van der Waals surface area contributed by atoms with Gasteiger partial charge in [-0.1, -0.05) is 19.4 Å². The molecular weight excluding hydrogens is 412 g/mol. The van der Waals surface area contributed by atoms with Gasteiger partial charge in [0.15, 0.2) is 0 Å². The highest BCUT2D eigenvalue weighted by Crippen LogP contribution is 2.63. The number of fused-ring (bicyclic) bond motifs is 1. The van der Waals surface area contributed by atoms with E-state index in [1.165, 1.54) is 0 Å². The Bertz CT molecular complexity index is 742. The zero-order valence-corrected chi connectivity index (χ0v) is 19.7. The van der Waals surface area contributed by atoms with Crippen LogP contribution >= 0.6 is 0 Å². The number of aliphatic hydroxyl groups excluding tert-OH is 1. The average molecular weight is 451 g/mol. The molecule has 0 aromatic carbocycles. The smallest absolute Gasteiger partial charge is 0.312 e. The van der Waals surface area contributed by atoms with Crippen LogP contribution in [0.1, 0.15) is 59.3 Å². The maximum absolute atomic E-state index is 13.9. The molecule has 8 nitrogen and oxygen atoms in total. The number of rotatable bonds is 12. The van der Waals surface area contributed by atoms with Crippen molar-refractivity contribution in [3.63, 3.8) is 0 Å². The lowest BCUT2D eigenvalue weighted by Crippen LogP contribution is -2.56.